The number of rotatable bonds is 3. The van der Waals surface area contributed by atoms with E-state index >= 15 is 0 Å². The van der Waals surface area contributed by atoms with E-state index in [1.54, 1.807) is 17.9 Å². The summed E-state index contributed by atoms with van der Waals surface area (Å²) in [6.07, 6.45) is 2.94. The Morgan fingerprint density at radius 3 is 2.62 bits per heavy atom. The summed E-state index contributed by atoms with van der Waals surface area (Å²) in [5.41, 5.74) is 1.74. The second kappa shape index (κ2) is 3.47. The molecule has 0 aliphatic rings. The van der Waals surface area contributed by atoms with E-state index < -0.39 is 10.0 Å². The predicted molar refractivity (Wildman–Crippen MR) is 49.6 cm³/mol. The van der Waals surface area contributed by atoms with Crippen LogP contribution in [0.3, 0.4) is 0 Å². The van der Waals surface area contributed by atoms with Gasteiger partial charge in [-0.25, -0.2) is 13.1 Å². The zero-order chi connectivity index (χ0) is 10.1. The molecule has 0 bridgehead atoms. The van der Waals surface area contributed by atoms with Crippen molar-refractivity contribution in [3.63, 3.8) is 0 Å². The van der Waals surface area contributed by atoms with E-state index in [1.165, 1.54) is 0 Å². The monoisotopic (exact) mass is 203 g/mol. The summed E-state index contributed by atoms with van der Waals surface area (Å²) >= 11 is 0. The number of nitrogens with zero attached hydrogens (tertiary/aromatic N) is 2. The summed E-state index contributed by atoms with van der Waals surface area (Å²) in [7, 11) is -1.31. The number of sulfonamides is 1. The van der Waals surface area contributed by atoms with Gasteiger partial charge < -0.3 is 0 Å². The first-order chi connectivity index (χ1) is 5.88. The zero-order valence-corrected chi connectivity index (χ0v) is 8.72. The number of aryl methyl sites for hydroxylation is 2. The second-order valence-corrected chi connectivity index (χ2v) is 4.84. The number of hydrogen-bond donors (Lipinski definition) is 1. The van der Waals surface area contributed by atoms with Gasteiger partial charge in [-0.1, -0.05) is 0 Å². The van der Waals surface area contributed by atoms with Crippen molar-refractivity contribution in [3.8, 4) is 0 Å². The summed E-state index contributed by atoms with van der Waals surface area (Å²) < 4.78 is 25.6. The third kappa shape index (κ3) is 3.16. The van der Waals surface area contributed by atoms with Crippen LogP contribution >= 0.6 is 0 Å². The fourth-order valence-corrected chi connectivity index (χ4v) is 1.45. The minimum atomic E-state index is -3.12. The lowest BCUT2D eigenvalue weighted by atomic mass is 10.3. The molecule has 0 amide bonds. The molecule has 0 unspecified atom stereocenters. The van der Waals surface area contributed by atoms with Gasteiger partial charge in [0.25, 0.3) is 0 Å². The van der Waals surface area contributed by atoms with Crippen LogP contribution in [-0.2, 0) is 23.6 Å². The minimum Gasteiger partial charge on any atom is -0.275 e. The van der Waals surface area contributed by atoms with Gasteiger partial charge in [-0.3, -0.25) is 4.68 Å². The molecule has 0 fully saturated rings. The Hall–Kier alpha value is -0.880. The quantitative estimate of drug-likeness (QED) is 0.738. The van der Waals surface area contributed by atoms with E-state index in [2.05, 4.69) is 9.82 Å². The average Bonchev–Trinajstić information content (AvgIpc) is 2.24. The summed E-state index contributed by atoms with van der Waals surface area (Å²) in [5.74, 6) is 0. The lowest BCUT2D eigenvalue weighted by Gasteiger charge is -1.99. The normalized spacial score (nSPS) is 11.9. The maximum atomic E-state index is 10.8. The van der Waals surface area contributed by atoms with E-state index in [4.69, 9.17) is 0 Å². The Kier molecular flexibility index (Phi) is 2.72. The van der Waals surface area contributed by atoms with Crippen LogP contribution in [0.4, 0.5) is 0 Å². The molecule has 5 nitrogen and oxygen atoms in total. The molecule has 13 heavy (non-hydrogen) atoms. The molecule has 1 aromatic rings. The lowest BCUT2D eigenvalue weighted by Crippen LogP contribution is -2.21. The van der Waals surface area contributed by atoms with E-state index in [1.807, 2.05) is 6.92 Å². The Labute approximate surface area is 77.8 Å². The molecule has 1 rings (SSSR count). The first kappa shape index (κ1) is 10.2. The molecule has 0 atom stereocenters. The fraction of sp³-hybridized carbons (Fsp3) is 0.571. The van der Waals surface area contributed by atoms with Gasteiger partial charge in [0.2, 0.25) is 10.0 Å². The van der Waals surface area contributed by atoms with Crippen LogP contribution in [0.2, 0.25) is 0 Å². The number of aromatic nitrogens is 2. The molecular weight excluding hydrogens is 190 g/mol. The zero-order valence-electron chi connectivity index (χ0n) is 7.90. The fourth-order valence-electron chi connectivity index (χ4n) is 1.03. The van der Waals surface area contributed by atoms with Gasteiger partial charge in [-0.2, -0.15) is 5.10 Å². The minimum absolute atomic E-state index is 0.304. The molecule has 0 spiro atoms. The summed E-state index contributed by atoms with van der Waals surface area (Å²) in [4.78, 5) is 0. The van der Waals surface area contributed by atoms with Gasteiger partial charge in [-0.05, 0) is 6.92 Å². The van der Waals surface area contributed by atoms with Gasteiger partial charge in [0.15, 0.2) is 0 Å². The van der Waals surface area contributed by atoms with Crippen molar-refractivity contribution >= 4 is 10.0 Å². The van der Waals surface area contributed by atoms with Crippen LogP contribution in [0.15, 0.2) is 6.20 Å². The smallest absolute Gasteiger partial charge is 0.209 e. The topological polar surface area (TPSA) is 64.0 Å². The average molecular weight is 203 g/mol. The molecule has 1 heterocycles. The van der Waals surface area contributed by atoms with Gasteiger partial charge in [0.1, 0.15) is 0 Å². The summed E-state index contributed by atoms with van der Waals surface area (Å²) in [6.45, 7) is 2.15. The predicted octanol–water partition coefficient (Wildman–Crippen LogP) is -0.222. The lowest BCUT2D eigenvalue weighted by molar-refractivity contribution is 0.587. The molecule has 1 aromatic heterocycles. The van der Waals surface area contributed by atoms with E-state index in [-0.39, 0.29) is 0 Å². The third-order valence-electron chi connectivity index (χ3n) is 1.64. The van der Waals surface area contributed by atoms with Gasteiger partial charge in [0, 0.05) is 25.4 Å². The Morgan fingerprint density at radius 2 is 2.23 bits per heavy atom. The van der Waals surface area contributed by atoms with Crippen LogP contribution < -0.4 is 4.72 Å². The Balaban J connectivity index is 2.70. The molecule has 0 aromatic carbocycles. The largest absolute Gasteiger partial charge is 0.275 e. The van der Waals surface area contributed by atoms with E-state index in [0.717, 1.165) is 17.5 Å². The van der Waals surface area contributed by atoms with Crippen molar-refractivity contribution in [1.82, 2.24) is 14.5 Å². The maximum absolute atomic E-state index is 10.8. The van der Waals surface area contributed by atoms with Gasteiger partial charge >= 0.3 is 0 Å². The van der Waals surface area contributed by atoms with Crippen molar-refractivity contribution in [2.45, 2.75) is 13.5 Å². The summed E-state index contributed by atoms with van der Waals surface area (Å²) in [5, 5.41) is 4.09. The van der Waals surface area contributed by atoms with Crippen LogP contribution in [-0.4, -0.2) is 24.5 Å². The molecule has 0 aliphatic heterocycles. The highest BCUT2D eigenvalue weighted by atomic mass is 32.2. The third-order valence-corrected chi connectivity index (χ3v) is 2.31. The Bertz CT molecular complexity index is 394. The highest BCUT2D eigenvalue weighted by molar-refractivity contribution is 7.88. The SMILES string of the molecule is Cc1nn(C)cc1CNS(C)(=O)=O. The van der Waals surface area contributed by atoms with Gasteiger partial charge in [-0.15, -0.1) is 0 Å². The van der Waals surface area contributed by atoms with E-state index in [9.17, 15) is 8.42 Å². The van der Waals surface area contributed by atoms with Crippen molar-refractivity contribution in [2.24, 2.45) is 7.05 Å². The first-order valence-electron chi connectivity index (χ1n) is 3.82. The maximum Gasteiger partial charge on any atom is 0.209 e. The number of hydrogen-bond acceptors (Lipinski definition) is 3. The standard InChI is InChI=1S/C7H13N3O2S/c1-6-7(5-10(2)9-6)4-8-13(3,11)12/h5,8H,4H2,1-3H3. The molecule has 0 saturated carbocycles. The highest BCUT2D eigenvalue weighted by Crippen LogP contribution is 2.03. The van der Waals surface area contributed by atoms with Crippen molar-refractivity contribution in [2.75, 3.05) is 6.26 Å². The molecule has 0 aliphatic carbocycles. The first-order valence-corrected chi connectivity index (χ1v) is 5.71. The second-order valence-electron chi connectivity index (χ2n) is 3.01. The van der Waals surface area contributed by atoms with Gasteiger partial charge in [0.05, 0.1) is 11.9 Å². The molecule has 74 valence electrons. The summed E-state index contributed by atoms with van der Waals surface area (Å²) in [6, 6.07) is 0. The Morgan fingerprint density at radius 1 is 1.62 bits per heavy atom. The van der Waals surface area contributed by atoms with Crippen LogP contribution in [0.1, 0.15) is 11.3 Å². The van der Waals surface area contributed by atoms with Crippen molar-refractivity contribution in [3.05, 3.63) is 17.5 Å². The van der Waals surface area contributed by atoms with Crippen molar-refractivity contribution < 1.29 is 8.42 Å². The molecule has 0 radical (unpaired) electrons. The van der Waals surface area contributed by atoms with E-state index in [0.29, 0.717) is 6.54 Å². The highest BCUT2D eigenvalue weighted by Gasteiger charge is 2.05. The van der Waals surface area contributed by atoms with Crippen molar-refractivity contribution in [1.29, 1.82) is 0 Å². The molecule has 1 N–H and O–H groups in total. The molecule has 0 saturated heterocycles. The van der Waals surface area contributed by atoms with Crippen LogP contribution in [0, 0.1) is 6.92 Å². The molecule has 6 heteroatoms. The van der Waals surface area contributed by atoms with Crippen LogP contribution in [0.5, 0.6) is 0 Å². The number of nitrogens with one attached hydrogen (secondary N) is 1. The van der Waals surface area contributed by atoms with Crippen LogP contribution in [0.25, 0.3) is 0 Å². The molecular formula is C7H13N3O2S.